The highest BCUT2D eigenvalue weighted by Crippen LogP contribution is 2.16. The maximum atomic E-state index is 12.7. The fourth-order valence-electron chi connectivity index (χ4n) is 2.18. The molecule has 0 saturated heterocycles. The van der Waals surface area contributed by atoms with Crippen LogP contribution in [-0.4, -0.2) is 15.9 Å². The van der Waals surface area contributed by atoms with E-state index in [2.05, 4.69) is 32.9 Å². The van der Waals surface area contributed by atoms with E-state index in [1.165, 1.54) is 4.68 Å². The number of benzene rings is 1. The lowest BCUT2D eigenvalue weighted by atomic mass is 10.2. The van der Waals surface area contributed by atoms with Gasteiger partial charge in [-0.05, 0) is 36.1 Å². The maximum absolute atomic E-state index is 12.7. The van der Waals surface area contributed by atoms with E-state index in [0.29, 0.717) is 23.1 Å². The molecule has 0 aliphatic heterocycles. The molecule has 6 heteroatoms. The van der Waals surface area contributed by atoms with Crippen LogP contribution in [0.15, 0.2) is 50.1 Å². The van der Waals surface area contributed by atoms with Gasteiger partial charge in [0.1, 0.15) is 5.82 Å². The molecule has 22 heavy (non-hydrogen) atoms. The molecule has 0 spiro atoms. The van der Waals surface area contributed by atoms with Gasteiger partial charge in [-0.3, -0.25) is 4.79 Å². The van der Waals surface area contributed by atoms with Gasteiger partial charge in [0.25, 0.3) is 5.56 Å². The Morgan fingerprint density at radius 3 is 3.00 bits per heavy atom. The van der Waals surface area contributed by atoms with Gasteiger partial charge in [0.2, 0.25) is 0 Å². The van der Waals surface area contributed by atoms with Crippen LogP contribution in [0.25, 0.3) is 10.9 Å². The highest BCUT2D eigenvalue weighted by molar-refractivity contribution is 9.10. The summed E-state index contributed by atoms with van der Waals surface area (Å²) in [5.41, 5.74) is 0.571. The molecule has 2 aromatic heterocycles. The Bertz CT molecular complexity index is 884. The zero-order chi connectivity index (χ0) is 15.5. The second kappa shape index (κ2) is 6.54. The minimum Gasteiger partial charge on any atom is -0.267 e. The first-order valence-electron chi connectivity index (χ1n) is 6.98. The standard InChI is InChI=1S/C16H14BrN3OS/c1-2-4-15-19-14-7-6-11(17)9-13(14)16(21)20(15)18-10-12-5-3-8-22-12/h3,5-10H,2,4H2,1H3. The van der Waals surface area contributed by atoms with E-state index in [1.807, 2.05) is 29.6 Å². The molecule has 0 unspecified atom stereocenters. The van der Waals surface area contributed by atoms with Crippen LogP contribution in [0.3, 0.4) is 0 Å². The molecule has 0 aliphatic carbocycles. The summed E-state index contributed by atoms with van der Waals surface area (Å²) in [5.74, 6) is 0.690. The topological polar surface area (TPSA) is 47.2 Å². The number of rotatable bonds is 4. The summed E-state index contributed by atoms with van der Waals surface area (Å²) < 4.78 is 2.27. The lowest BCUT2D eigenvalue weighted by Crippen LogP contribution is -2.22. The molecule has 3 rings (SSSR count). The van der Waals surface area contributed by atoms with Crippen LogP contribution < -0.4 is 5.56 Å². The van der Waals surface area contributed by atoms with Crippen LogP contribution in [0.2, 0.25) is 0 Å². The molecule has 0 N–H and O–H groups in total. The third kappa shape index (κ3) is 3.03. The fourth-order valence-corrected chi connectivity index (χ4v) is 3.12. The maximum Gasteiger partial charge on any atom is 0.282 e. The van der Waals surface area contributed by atoms with Gasteiger partial charge in [0, 0.05) is 15.8 Å². The van der Waals surface area contributed by atoms with E-state index in [1.54, 1.807) is 23.6 Å². The summed E-state index contributed by atoms with van der Waals surface area (Å²) >= 11 is 4.98. The zero-order valence-electron chi connectivity index (χ0n) is 12.0. The summed E-state index contributed by atoms with van der Waals surface area (Å²) in [4.78, 5) is 18.3. The Morgan fingerprint density at radius 2 is 2.27 bits per heavy atom. The van der Waals surface area contributed by atoms with Gasteiger partial charge in [0.15, 0.2) is 0 Å². The molecule has 0 radical (unpaired) electrons. The second-order valence-electron chi connectivity index (χ2n) is 4.82. The van der Waals surface area contributed by atoms with Crippen LogP contribution in [0.5, 0.6) is 0 Å². The van der Waals surface area contributed by atoms with Crippen LogP contribution in [0, 0.1) is 0 Å². The Hall–Kier alpha value is -1.79. The highest BCUT2D eigenvalue weighted by Gasteiger charge is 2.10. The van der Waals surface area contributed by atoms with Crippen molar-refractivity contribution >= 4 is 44.4 Å². The summed E-state index contributed by atoms with van der Waals surface area (Å²) in [6.07, 6.45) is 3.32. The lowest BCUT2D eigenvalue weighted by Gasteiger charge is -2.08. The van der Waals surface area contributed by atoms with Crippen LogP contribution in [0.1, 0.15) is 24.0 Å². The predicted molar refractivity (Wildman–Crippen MR) is 95.0 cm³/mol. The van der Waals surface area contributed by atoms with Crippen molar-refractivity contribution in [3.8, 4) is 0 Å². The van der Waals surface area contributed by atoms with Gasteiger partial charge in [-0.15, -0.1) is 11.3 Å². The van der Waals surface area contributed by atoms with Crippen LogP contribution in [0.4, 0.5) is 0 Å². The number of aromatic nitrogens is 2. The number of halogens is 1. The summed E-state index contributed by atoms with van der Waals surface area (Å²) in [7, 11) is 0. The smallest absolute Gasteiger partial charge is 0.267 e. The third-order valence-corrected chi connectivity index (χ3v) is 4.49. The molecule has 0 fully saturated rings. The number of thiophene rings is 1. The van der Waals surface area contributed by atoms with Gasteiger partial charge < -0.3 is 0 Å². The first-order chi connectivity index (χ1) is 10.7. The number of aryl methyl sites for hydroxylation is 1. The zero-order valence-corrected chi connectivity index (χ0v) is 14.4. The quantitative estimate of drug-likeness (QED) is 0.645. The predicted octanol–water partition coefficient (Wildman–Crippen LogP) is 4.06. The number of nitrogens with zero attached hydrogens (tertiary/aromatic N) is 3. The molecule has 1 aromatic carbocycles. The van der Waals surface area contributed by atoms with E-state index in [9.17, 15) is 4.79 Å². The van der Waals surface area contributed by atoms with Crippen molar-refractivity contribution in [1.29, 1.82) is 0 Å². The molecular weight excluding hydrogens is 362 g/mol. The Labute approximate surface area is 140 Å². The van der Waals surface area contributed by atoms with E-state index >= 15 is 0 Å². The molecular formula is C16H14BrN3OS. The molecule has 0 bridgehead atoms. The monoisotopic (exact) mass is 375 g/mol. The Kier molecular flexibility index (Phi) is 4.49. The van der Waals surface area contributed by atoms with Crippen molar-refractivity contribution in [2.24, 2.45) is 5.10 Å². The fraction of sp³-hybridized carbons (Fsp3) is 0.188. The normalized spacial score (nSPS) is 11.5. The van der Waals surface area contributed by atoms with Gasteiger partial charge >= 0.3 is 0 Å². The van der Waals surface area contributed by atoms with Crippen molar-refractivity contribution in [2.45, 2.75) is 19.8 Å². The van der Waals surface area contributed by atoms with E-state index in [-0.39, 0.29) is 5.56 Å². The molecule has 112 valence electrons. The van der Waals surface area contributed by atoms with Gasteiger partial charge in [-0.2, -0.15) is 9.78 Å². The number of hydrogen-bond donors (Lipinski definition) is 0. The average molecular weight is 376 g/mol. The third-order valence-electron chi connectivity index (χ3n) is 3.19. The van der Waals surface area contributed by atoms with Crippen molar-refractivity contribution in [3.05, 3.63) is 61.2 Å². The summed E-state index contributed by atoms with van der Waals surface area (Å²) in [5, 5.41) is 6.90. The summed E-state index contributed by atoms with van der Waals surface area (Å²) in [6, 6.07) is 9.45. The number of hydrogen-bond acceptors (Lipinski definition) is 4. The minimum absolute atomic E-state index is 0.137. The molecule has 0 saturated carbocycles. The van der Waals surface area contributed by atoms with Crippen LogP contribution in [-0.2, 0) is 6.42 Å². The van der Waals surface area contributed by atoms with Crippen LogP contribution >= 0.6 is 27.3 Å². The number of fused-ring (bicyclic) bond motifs is 1. The Morgan fingerprint density at radius 1 is 1.41 bits per heavy atom. The first-order valence-corrected chi connectivity index (χ1v) is 8.65. The molecule has 4 nitrogen and oxygen atoms in total. The molecule has 0 aliphatic rings. The largest absolute Gasteiger partial charge is 0.282 e. The summed E-state index contributed by atoms with van der Waals surface area (Å²) in [6.45, 7) is 2.06. The molecule has 0 amide bonds. The Balaban J connectivity index is 2.19. The molecule has 2 heterocycles. The van der Waals surface area contributed by atoms with Gasteiger partial charge in [0.05, 0.1) is 17.1 Å². The SMILES string of the molecule is CCCc1nc2ccc(Br)cc2c(=O)n1N=Cc1cccs1. The minimum atomic E-state index is -0.137. The second-order valence-corrected chi connectivity index (χ2v) is 6.71. The van der Waals surface area contributed by atoms with E-state index in [0.717, 1.165) is 15.8 Å². The van der Waals surface area contributed by atoms with Gasteiger partial charge in [-0.1, -0.05) is 28.9 Å². The van der Waals surface area contributed by atoms with Crippen molar-refractivity contribution < 1.29 is 0 Å². The molecule has 3 aromatic rings. The average Bonchev–Trinajstić information content (AvgIpc) is 3.01. The van der Waals surface area contributed by atoms with E-state index < -0.39 is 0 Å². The molecule has 0 atom stereocenters. The highest BCUT2D eigenvalue weighted by atomic mass is 79.9. The van der Waals surface area contributed by atoms with Gasteiger partial charge in [-0.25, -0.2) is 4.98 Å². The van der Waals surface area contributed by atoms with E-state index in [4.69, 9.17) is 0 Å². The first kappa shape index (κ1) is 15.1. The van der Waals surface area contributed by atoms with Crippen molar-refractivity contribution in [2.75, 3.05) is 0 Å². The lowest BCUT2D eigenvalue weighted by molar-refractivity contribution is 0.704. The van der Waals surface area contributed by atoms with Crippen molar-refractivity contribution in [3.63, 3.8) is 0 Å². The van der Waals surface area contributed by atoms with Crippen molar-refractivity contribution in [1.82, 2.24) is 9.66 Å².